The Morgan fingerprint density at radius 2 is 1.64 bits per heavy atom. The molecule has 4 aromatic rings. The highest BCUT2D eigenvalue weighted by atomic mass is 16.3. The van der Waals surface area contributed by atoms with Gasteiger partial charge in [-0.15, -0.1) is 0 Å². The molecule has 2 aliphatic heterocycles. The lowest BCUT2D eigenvalue weighted by Crippen LogP contribution is -2.46. The van der Waals surface area contributed by atoms with Crippen molar-refractivity contribution in [2.75, 3.05) is 10.6 Å². The topological polar surface area (TPSA) is 92.4 Å². The van der Waals surface area contributed by atoms with Gasteiger partial charge in [-0.1, -0.05) is 50.6 Å². The third-order valence-corrected chi connectivity index (χ3v) is 8.57. The third-order valence-electron chi connectivity index (χ3n) is 8.57. The summed E-state index contributed by atoms with van der Waals surface area (Å²) >= 11 is 0. The molecule has 8 heteroatoms. The van der Waals surface area contributed by atoms with Gasteiger partial charge in [-0.25, -0.2) is 9.48 Å². The summed E-state index contributed by atoms with van der Waals surface area (Å²) in [5, 5.41) is 10.8. The Balaban J connectivity index is 1.07. The molecule has 2 atom stereocenters. The Bertz CT molecular complexity index is 1530. The monoisotopic (exact) mass is 565 g/mol. The maximum atomic E-state index is 13.0. The summed E-state index contributed by atoms with van der Waals surface area (Å²) in [6, 6.07) is 20.1. The van der Waals surface area contributed by atoms with E-state index in [2.05, 4.69) is 48.4 Å². The predicted molar refractivity (Wildman–Crippen MR) is 164 cm³/mol. The minimum Gasteiger partial charge on any atom is -0.472 e. The summed E-state index contributed by atoms with van der Waals surface area (Å²) in [7, 11) is 0. The summed E-state index contributed by atoms with van der Waals surface area (Å²) in [5.74, 6) is 1.25. The van der Waals surface area contributed by atoms with Crippen molar-refractivity contribution >= 4 is 23.4 Å². The molecule has 6 rings (SSSR count). The highest BCUT2D eigenvalue weighted by Crippen LogP contribution is 2.41. The number of benzene rings is 2. The number of carbonyl (C=O) groups is 2. The lowest BCUT2D eigenvalue weighted by Gasteiger charge is -2.39. The maximum Gasteiger partial charge on any atom is 0.324 e. The van der Waals surface area contributed by atoms with Crippen molar-refractivity contribution in [3.05, 3.63) is 95.6 Å². The zero-order chi connectivity index (χ0) is 29.4. The molecule has 0 aliphatic carbocycles. The number of nitrogens with one attached hydrogen (secondary N) is 2. The van der Waals surface area contributed by atoms with Crippen LogP contribution in [0.4, 0.5) is 16.3 Å². The number of amides is 3. The first-order valence-corrected chi connectivity index (χ1v) is 14.8. The first kappa shape index (κ1) is 27.8. The highest BCUT2D eigenvalue weighted by molar-refractivity contribution is 5.99. The van der Waals surface area contributed by atoms with E-state index < -0.39 is 0 Å². The van der Waals surface area contributed by atoms with Crippen molar-refractivity contribution in [2.24, 2.45) is 5.92 Å². The Morgan fingerprint density at radius 3 is 2.26 bits per heavy atom. The van der Waals surface area contributed by atoms with Crippen molar-refractivity contribution in [3.63, 3.8) is 0 Å². The van der Waals surface area contributed by atoms with Crippen LogP contribution in [-0.2, 0) is 11.8 Å². The quantitative estimate of drug-likeness (QED) is 0.256. The van der Waals surface area contributed by atoms with Crippen molar-refractivity contribution in [1.82, 2.24) is 14.7 Å². The van der Waals surface area contributed by atoms with Crippen LogP contribution in [0.15, 0.2) is 77.6 Å². The number of fused-ring (bicyclic) bond motifs is 2. The zero-order valence-electron chi connectivity index (χ0n) is 24.8. The van der Waals surface area contributed by atoms with Gasteiger partial charge in [0.05, 0.1) is 23.2 Å². The van der Waals surface area contributed by atoms with Crippen LogP contribution in [0.2, 0.25) is 0 Å². The van der Waals surface area contributed by atoms with Crippen LogP contribution in [0.1, 0.15) is 73.6 Å². The maximum absolute atomic E-state index is 13.0. The summed E-state index contributed by atoms with van der Waals surface area (Å²) in [6.07, 6.45) is 8.27. The van der Waals surface area contributed by atoms with Crippen LogP contribution in [0.3, 0.4) is 0 Å². The molecule has 2 bridgehead atoms. The van der Waals surface area contributed by atoms with E-state index in [1.54, 1.807) is 23.3 Å². The number of hydrogen-bond acceptors (Lipinski definition) is 4. The fraction of sp³-hybridized carbons (Fsp3) is 0.382. The normalized spacial score (nSPS) is 20.0. The van der Waals surface area contributed by atoms with E-state index in [0.29, 0.717) is 29.4 Å². The molecule has 2 saturated heterocycles. The van der Waals surface area contributed by atoms with Gasteiger partial charge in [-0.3, -0.25) is 10.1 Å². The average molecular weight is 566 g/mol. The van der Waals surface area contributed by atoms with Gasteiger partial charge in [0.1, 0.15) is 12.1 Å². The standard InChI is InChI=1S/C34H39N5O3/c1-22-5-11-27(12-6-22)39-31(20-30(37-39)34(2,3)4)36-33(41)35-26-9-7-23(8-10-26)17-24-18-28-13-14-29(19-24)38(28)32(40)25-15-16-42-21-25/h5-12,15-16,20-21,24,28-29H,13-14,17-19H2,1-4H3,(H2,35,36,41). The number of hydrogen-bond donors (Lipinski definition) is 2. The highest BCUT2D eigenvalue weighted by Gasteiger charge is 2.43. The number of piperidine rings is 1. The molecule has 218 valence electrons. The van der Waals surface area contributed by atoms with Crippen LogP contribution in [0.5, 0.6) is 0 Å². The molecule has 8 nitrogen and oxygen atoms in total. The van der Waals surface area contributed by atoms with Gasteiger partial charge in [0.25, 0.3) is 5.91 Å². The van der Waals surface area contributed by atoms with Crippen molar-refractivity contribution in [2.45, 2.75) is 77.3 Å². The SMILES string of the molecule is Cc1ccc(-n2nc(C(C)(C)C)cc2NC(=O)Nc2ccc(CC3CC4CCC(C3)N4C(=O)c3ccoc3)cc2)cc1. The number of anilines is 2. The second-order valence-electron chi connectivity index (χ2n) is 12.8. The Hall–Kier alpha value is -4.33. The first-order chi connectivity index (χ1) is 20.1. The fourth-order valence-electron chi connectivity index (χ4n) is 6.38. The van der Waals surface area contributed by atoms with E-state index in [9.17, 15) is 9.59 Å². The molecule has 2 unspecified atom stereocenters. The molecule has 4 heterocycles. The summed E-state index contributed by atoms with van der Waals surface area (Å²) in [4.78, 5) is 28.1. The molecule has 2 aliphatic rings. The van der Waals surface area contributed by atoms with E-state index in [1.165, 1.54) is 5.56 Å². The molecule has 2 aromatic carbocycles. The van der Waals surface area contributed by atoms with Gasteiger partial charge in [0, 0.05) is 29.3 Å². The molecular weight excluding hydrogens is 526 g/mol. The first-order valence-electron chi connectivity index (χ1n) is 14.8. The molecule has 2 N–H and O–H groups in total. The molecular formula is C34H39N5O3. The van der Waals surface area contributed by atoms with Crippen LogP contribution >= 0.6 is 0 Å². The van der Waals surface area contributed by atoms with Crippen LogP contribution in [0, 0.1) is 12.8 Å². The molecule has 0 spiro atoms. The lowest BCUT2D eigenvalue weighted by atomic mass is 9.85. The number of urea groups is 1. The van der Waals surface area contributed by atoms with E-state index in [1.807, 2.05) is 49.4 Å². The van der Waals surface area contributed by atoms with Crippen LogP contribution in [-0.4, -0.2) is 38.7 Å². The molecule has 3 amide bonds. The number of furan rings is 1. The Morgan fingerprint density at radius 1 is 0.952 bits per heavy atom. The van der Waals surface area contributed by atoms with Crippen molar-refractivity contribution < 1.29 is 14.0 Å². The average Bonchev–Trinajstić information content (AvgIpc) is 3.69. The van der Waals surface area contributed by atoms with Gasteiger partial charge in [0.2, 0.25) is 0 Å². The lowest BCUT2D eigenvalue weighted by molar-refractivity contribution is 0.0524. The number of carbonyl (C=O) groups excluding carboxylic acids is 2. The molecule has 42 heavy (non-hydrogen) atoms. The van der Waals surface area contributed by atoms with Crippen LogP contribution < -0.4 is 10.6 Å². The van der Waals surface area contributed by atoms with Gasteiger partial charge >= 0.3 is 6.03 Å². The minimum absolute atomic E-state index is 0.0972. The number of aromatic nitrogens is 2. The predicted octanol–water partition coefficient (Wildman–Crippen LogP) is 7.34. The van der Waals surface area contributed by atoms with Gasteiger partial charge in [-0.2, -0.15) is 5.10 Å². The van der Waals surface area contributed by atoms with Crippen molar-refractivity contribution in [3.8, 4) is 5.69 Å². The summed E-state index contributed by atoms with van der Waals surface area (Å²) < 4.78 is 6.92. The third kappa shape index (κ3) is 5.84. The van der Waals surface area contributed by atoms with Gasteiger partial charge < -0.3 is 14.6 Å². The Kier molecular flexibility index (Phi) is 7.39. The van der Waals surface area contributed by atoms with Crippen LogP contribution in [0.25, 0.3) is 5.69 Å². The fourth-order valence-corrected chi connectivity index (χ4v) is 6.38. The van der Waals surface area contributed by atoms with E-state index in [4.69, 9.17) is 9.52 Å². The van der Waals surface area contributed by atoms with E-state index >= 15 is 0 Å². The van der Waals surface area contributed by atoms with Gasteiger partial charge in [0.15, 0.2) is 0 Å². The summed E-state index contributed by atoms with van der Waals surface area (Å²) in [5.41, 5.74) is 5.41. The number of rotatable bonds is 6. The van der Waals surface area contributed by atoms with E-state index in [0.717, 1.165) is 54.7 Å². The number of nitrogens with zero attached hydrogens (tertiary/aromatic N) is 3. The zero-order valence-corrected chi connectivity index (χ0v) is 24.8. The smallest absolute Gasteiger partial charge is 0.324 e. The van der Waals surface area contributed by atoms with Crippen molar-refractivity contribution in [1.29, 1.82) is 0 Å². The molecule has 0 radical (unpaired) electrons. The number of aryl methyl sites for hydroxylation is 1. The molecule has 0 saturated carbocycles. The van der Waals surface area contributed by atoms with Gasteiger partial charge in [-0.05, 0) is 80.8 Å². The molecule has 2 fully saturated rings. The largest absolute Gasteiger partial charge is 0.472 e. The minimum atomic E-state index is -0.317. The van der Waals surface area contributed by atoms with E-state index in [-0.39, 0.29) is 17.4 Å². The Labute approximate surface area is 247 Å². The summed E-state index contributed by atoms with van der Waals surface area (Å²) in [6.45, 7) is 8.36. The second-order valence-corrected chi connectivity index (χ2v) is 12.8. The molecule has 2 aromatic heterocycles. The second kappa shape index (κ2) is 11.2.